The van der Waals surface area contributed by atoms with E-state index < -0.39 is 0 Å². The van der Waals surface area contributed by atoms with Crippen LogP contribution in [-0.2, 0) is 6.54 Å². The Balaban J connectivity index is 2.44. The van der Waals surface area contributed by atoms with Gasteiger partial charge in [0.15, 0.2) is 17.1 Å². The summed E-state index contributed by atoms with van der Waals surface area (Å²) in [6.45, 7) is 6.38. The van der Waals surface area contributed by atoms with Crippen LogP contribution in [0.15, 0.2) is 10.5 Å². The van der Waals surface area contributed by atoms with Crippen LogP contribution in [-0.4, -0.2) is 20.8 Å². The Morgan fingerprint density at radius 1 is 1.60 bits per heavy atom. The van der Waals surface area contributed by atoms with Gasteiger partial charge in [-0.15, -0.1) is 5.10 Å². The van der Waals surface area contributed by atoms with Gasteiger partial charge in [0.1, 0.15) is 0 Å². The van der Waals surface area contributed by atoms with Crippen molar-refractivity contribution in [3.8, 4) is 0 Å². The maximum absolute atomic E-state index is 11.1. The van der Waals surface area contributed by atoms with Gasteiger partial charge in [-0.1, -0.05) is 19.1 Å². The number of rotatable bonds is 3. The number of aromatic nitrogens is 3. The van der Waals surface area contributed by atoms with Crippen molar-refractivity contribution < 1.29 is 9.21 Å². The number of nitrogens with zero attached hydrogens (tertiary/aromatic N) is 3. The highest BCUT2D eigenvalue weighted by molar-refractivity contribution is 5.94. The first-order valence-electron chi connectivity index (χ1n) is 4.92. The fourth-order valence-electron chi connectivity index (χ4n) is 1.41. The summed E-state index contributed by atoms with van der Waals surface area (Å²) in [6, 6.07) is 1.63. The van der Waals surface area contributed by atoms with E-state index >= 15 is 0 Å². The van der Waals surface area contributed by atoms with E-state index in [0.29, 0.717) is 22.9 Å². The molecule has 0 radical (unpaired) electrons. The van der Waals surface area contributed by atoms with Crippen LogP contribution in [0.25, 0.3) is 11.2 Å². The lowest BCUT2D eigenvalue weighted by Crippen LogP contribution is -2.05. The van der Waals surface area contributed by atoms with Crippen molar-refractivity contribution in [2.75, 3.05) is 0 Å². The molecule has 0 aliphatic carbocycles. The summed E-state index contributed by atoms with van der Waals surface area (Å²) < 4.78 is 7.08. The van der Waals surface area contributed by atoms with E-state index in [9.17, 15) is 4.79 Å². The first-order valence-corrected chi connectivity index (χ1v) is 4.92. The normalized spacial score (nSPS) is 11.5. The second-order valence-electron chi connectivity index (χ2n) is 4.02. The molecule has 2 heterocycles. The Hall–Kier alpha value is -1.65. The van der Waals surface area contributed by atoms with Crippen molar-refractivity contribution in [1.29, 1.82) is 0 Å². The average Bonchev–Trinajstić information content (AvgIpc) is 2.66. The van der Waals surface area contributed by atoms with Crippen LogP contribution < -0.4 is 0 Å². The molecule has 0 unspecified atom stereocenters. The van der Waals surface area contributed by atoms with Crippen molar-refractivity contribution in [3.63, 3.8) is 0 Å². The molecule has 0 saturated carbocycles. The fraction of sp³-hybridized carbons (Fsp3) is 0.500. The van der Waals surface area contributed by atoms with E-state index in [0.717, 1.165) is 6.54 Å². The summed E-state index contributed by atoms with van der Waals surface area (Å²) in [5, 5.41) is 7.90. The zero-order chi connectivity index (χ0) is 11.0. The Bertz CT molecular complexity index is 496. The van der Waals surface area contributed by atoms with Gasteiger partial charge in [0.05, 0.1) is 0 Å². The Morgan fingerprint density at radius 2 is 2.33 bits per heavy atom. The number of carbonyl (C=O) groups excluding carboxylic acids is 1. The fourth-order valence-corrected chi connectivity index (χ4v) is 1.41. The summed E-state index contributed by atoms with van der Waals surface area (Å²) in [5.74, 6) is 0.706. The van der Waals surface area contributed by atoms with Crippen LogP contribution >= 0.6 is 0 Å². The highest BCUT2D eigenvalue weighted by Gasteiger charge is 2.14. The molecule has 5 heteroatoms. The highest BCUT2D eigenvalue weighted by atomic mass is 16.4. The van der Waals surface area contributed by atoms with Crippen molar-refractivity contribution in [1.82, 2.24) is 15.0 Å². The van der Waals surface area contributed by atoms with E-state index in [4.69, 9.17) is 4.42 Å². The second-order valence-corrected chi connectivity index (χ2v) is 4.02. The van der Waals surface area contributed by atoms with Crippen molar-refractivity contribution >= 4 is 17.0 Å². The van der Waals surface area contributed by atoms with Gasteiger partial charge in [0, 0.05) is 19.5 Å². The van der Waals surface area contributed by atoms with Gasteiger partial charge in [-0.25, -0.2) is 4.68 Å². The highest BCUT2D eigenvalue weighted by Crippen LogP contribution is 2.17. The molecule has 0 aliphatic heterocycles. The molecule has 0 bridgehead atoms. The van der Waals surface area contributed by atoms with Crippen molar-refractivity contribution in [3.05, 3.63) is 11.8 Å². The van der Waals surface area contributed by atoms with Crippen LogP contribution in [0.4, 0.5) is 0 Å². The Labute approximate surface area is 87.1 Å². The predicted octanol–water partition coefficient (Wildman–Crippen LogP) is 1.88. The van der Waals surface area contributed by atoms with E-state index in [1.54, 1.807) is 10.7 Å². The number of furan rings is 1. The topological polar surface area (TPSA) is 60.9 Å². The molecule has 2 aromatic heterocycles. The third kappa shape index (κ3) is 1.77. The minimum Gasteiger partial charge on any atom is -0.433 e. The van der Waals surface area contributed by atoms with Crippen LogP contribution in [0.1, 0.15) is 31.3 Å². The molecular formula is C10H13N3O2. The summed E-state index contributed by atoms with van der Waals surface area (Å²) in [6.07, 6.45) is 0. The summed E-state index contributed by atoms with van der Waals surface area (Å²) in [7, 11) is 0. The van der Waals surface area contributed by atoms with Gasteiger partial charge in [-0.2, -0.15) is 0 Å². The molecule has 0 N–H and O–H groups in total. The van der Waals surface area contributed by atoms with Gasteiger partial charge in [-0.3, -0.25) is 4.79 Å². The van der Waals surface area contributed by atoms with Crippen molar-refractivity contribution in [2.45, 2.75) is 27.3 Å². The molecule has 5 nitrogen and oxygen atoms in total. The number of carbonyl (C=O) groups is 1. The zero-order valence-electron chi connectivity index (χ0n) is 9.02. The van der Waals surface area contributed by atoms with E-state index in [1.807, 2.05) is 0 Å². The van der Waals surface area contributed by atoms with Crippen LogP contribution in [0.2, 0.25) is 0 Å². The van der Waals surface area contributed by atoms with E-state index in [1.165, 1.54) is 6.92 Å². The number of hydrogen-bond acceptors (Lipinski definition) is 4. The number of ketones is 1. The van der Waals surface area contributed by atoms with Crippen LogP contribution in [0.5, 0.6) is 0 Å². The molecule has 0 atom stereocenters. The van der Waals surface area contributed by atoms with Gasteiger partial charge >= 0.3 is 0 Å². The molecule has 2 rings (SSSR count). The zero-order valence-corrected chi connectivity index (χ0v) is 9.02. The van der Waals surface area contributed by atoms with Crippen LogP contribution in [0, 0.1) is 5.92 Å². The average molecular weight is 207 g/mol. The lowest BCUT2D eigenvalue weighted by Gasteiger charge is -2.02. The van der Waals surface area contributed by atoms with E-state index in [-0.39, 0.29) is 5.78 Å². The second kappa shape index (κ2) is 3.49. The first-order chi connectivity index (χ1) is 7.08. The quantitative estimate of drug-likeness (QED) is 0.721. The smallest absolute Gasteiger partial charge is 0.246 e. The Morgan fingerprint density at radius 3 is 2.93 bits per heavy atom. The van der Waals surface area contributed by atoms with Gasteiger partial charge in [0.2, 0.25) is 5.71 Å². The van der Waals surface area contributed by atoms with Gasteiger partial charge in [-0.05, 0) is 5.92 Å². The third-order valence-corrected chi connectivity index (χ3v) is 2.07. The first kappa shape index (κ1) is 9.89. The maximum atomic E-state index is 11.1. The molecule has 0 saturated heterocycles. The molecule has 80 valence electrons. The molecule has 0 aliphatic rings. The van der Waals surface area contributed by atoms with E-state index in [2.05, 4.69) is 24.2 Å². The monoisotopic (exact) mass is 207 g/mol. The molecule has 0 fully saturated rings. The van der Waals surface area contributed by atoms with Crippen molar-refractivity contribution in [2.24, 2.45) is 5.92 Å². The predicted molar refractivity (Wildman–Crippen MR) is 54.6 cm³/mol. The SMILES string of the molecule is CC(=O)c1cc2nnn(CC(C)C)c2o1. The molecular weight excluding hydrogens is 194 g/mol. The standard InChI is InChI=1S/C10H13N3O2/c1-6(2)5-13-10-8(11-12-13)4-9(15-10)7(3)14/h4,6H,5H2,1-3H3. The molecule has 0 aromatic carbocycles. The maximum Gasteiger partial charge on any atom is 0.246 e. The van der Waals surface area contributed by atoms with Crippen LogP contribution in [0.3, 0.4) is 0 Å². The third-order valence-electron chi connectivity index (χ3n) is 2.07. The summed E-state index contributed by atoms with van der Waals surface area (Å²) in [5.41, 5.74) is 1.22. The summed E-state index contributed by atoms with van der Waals surface area (Å²) >= 11 is 0. The molecule has 15 heavy (non-hydrogen) atoms. The minimum absolute atomic E-state index is 0.0934. The van der Waals surface area contributed by atoms with Gasteiger partial charge < -0.3 is 4.42 Å². The molecule has 2 aromatic rings. The molecule has 0 amide bonds. The lowest BCUT2D eigenvalue weighted by molar-refractivity contribution is 0.0988. The minimum atomic E-state index is -0.0934. The number of fused-ring (bicyclic) bond motifs is 1. The van der Waals surface area contributed by atoms with Gasteiger partial charge in [0.25, 0.3) is 0 Å². The Kier molecular flexibility index (Phi) is 2.30. The number of Topliss-reactive ketones (excluding diaryl/α,β-unsaturated/α-hetero) is 1. The molecule has 0 spiro atoms. The summed E-state index contributed by atoms with van der Waals surface area (Å²) in [4.78, 5) is 11.1. The number of hydrogen-bond donors (Lipinski definition) is 0. The lowest BCUT2D eigenvalue weighted by atomic mass is 10.2. The largest absolute Gasteiger partial charge is 0.433 e.